The number of alkyl halides is 3. The predicted octanol–water partition coefficient (Wildman–Crippen LogP) is 4.52. The number of hydrogen-bond donors (Lipinski definition) is 0. The van der Waals surface area contributed by atoms with E-state index in [1.807, 2.05) is 0 Å². The second-order valence-electron chi connectivity index (χ2n) is 6.17. The van der Waals surface area contributed by atoms with Gasteiger partial charge < -0.3 is 9.30 Å². The van der Waals surface area contributed by atoms with Gasteiger partial charge in [-0.15, -0.1) is 0 Å². The summed E-state index contributed by atoms with van der Waals surface area (Å²) in [5.41, 5.74) is -2.48. The van der Waals surface area contributed by atoms with E-state index in [1.165, 1.54) is 19.1 Å². The minimum Gasteiger partial charge on any atom is -0.462 e. The number of esters is 1. The topological polar surface area (TPSA) is 48.3 Å². The smallest absolute Gasteiger partial charge is 0.416 e. The Morgan fingerprint density at radius 1 is 1.03 bits per heavy atom. The van der Waals surface area contributed by atoms with Crippen LogP contribution in [0.25, 0.3) is 10.9 Å². The zero-order valence-corrected chi connectivity index (χ0v) is 15.0. The third-order valence-corrected chi connectivity index (χ3v) is 4.25. The Balaban J connectivity index is 2.18. The van der Waals surface area contributed by atoms with Crippen molar-refractivity contribution in [3.8, 4) is 0 Å². The van der Waals surface area contributed by atoms with Crippen LogP contribution in [-0.4, -0.2) is 17.1 Å². The molecule has 0 atom stereocenters. The van der Waals surface area contributed by atoms with E-state index in [2.05, 4.69) is 0 Å². The number of benzene rings is 2. The van der Waals surface area contributed by atoms with Gasteiger partial charge >= 0.3 is 12.1 Å². The lowest BCUT2D eigenvalue weighted by molar-refractivity contribution is -0.137. The van der Waals surface area contributed by atoms with Crippen molar-refractivity contribution >= 4 is 16.9 Å². The van der Waals surface area contributed by atoms with E-state index < -0.39 is 51.2 Å². The van der Waals surface area contributed by atoms with Crippen molar-refractivity contribution < 1.29 is 31.5 Å². The molecule has 0 fully saturated rings. The summed E-state index contributed by atoms with van der Waals surface area (Å²) in [6.45, 7) is 1.27. The molecule has 0 aliphatic rings. The fourth-order valence-electron chi connectivity index (χ4n) is 2.93. The summed E-state index contributed by atoms with van der Waals surface area (Å²) >= 11 is 0. The van der Waals surface area contributed by atoms with Gasteiger partial charge in [-0.3, -0.25) is 4.79 Å². The quantitative estimate of drug-likeness (QED) is 0.469. The van der Waals surface area contributed by atoms with Crippen molar-refractivity contribution in [3.05, 3.63) is 81.1 Å². The SMILES string of the molecule is CCOC(=O)c1cn(Cc2ccc(C(F)(F)F)cc2)c2c(F)ccc(F)c2c1=O. The summed E-state index contributed by atoms with van der Waals surface area (Å²) in [6.07, 6.45) is -3.50. The third-order valence-electron chi connectivity index (χ3n) is 4.25. The fourth-order valence-corrected chi connectivity index (χ4v) is 2.93. The molecule has 0 spiro atoms. The van der Waals surface area contributed by atoms with Crippen molar-refractivity contribution in [2.75, 3.05) is 6.61 Å². The van der Waals surface area contributed by atoms with Gasteiger partial charge in [-0.1, -0.05) is 12.1 Å². The first-order chi connectivity index (χ1) is 13.6. The summed E-state index contributed by atoms with van der Waals surface area (Å²) in [5, 5.41) is -0.637. The summed E-state index contributed by atoms with van der Waals surface area (Å²) in [6, 6.07) is 5.63. The van der Waals surface area contributed by atoms with Gasteiger partial charge in [-0.25, -0.2) is 13.6 Å². The lowest BCUT2D eigenvalue weighted by atomic mass is 10.1. The number of halogens is 5. The molecule has 2 aromatic carbocycles. The van der Waals surface area contributed by atoms with Gasteiger partial charge in [0.1, 0.15) is 17.2 Å². The van der Waals surface area contributed by atoms with E-state index in [0.717, 1.165) is 35.0 Å². The minimum absolute atomic E-state index is 0.0408. The first kappa shape index (κ1) is 20.5. The van der Waals surface area contributed by atoms with Crippen LogP contribution in [-0.2, 0) is 17.5 Å². The predicted molar refractivity (Wildman–Crippen MR) is 94.6 cm³/mol. The van der Waals surface area contributed by atoms with E-state index in [-0.39, 0.29) is 13.2 Å². The van der Waals surface area contributed by atoms with Gasteiger partial charge in [-0.2, -0.15) is 13.2 Å². The monoisotopic (exact) mass is 411 g/mol. The number of fused-ring (bicyclic) bond motifs is 1. The van der Waals surface area contributed by atoms with Crippen LogP contribution in [0.5, 0.6) is 0 Å². The lowest BCUT2D eigenvalue weighted by Crippen LogP contribution is -2.22. The zero-order valence-electron chi connectivity index (χ0n) is 15.0. The van der Waals surface area contributed by atoms with Gasteiger partial charge in [0.2, 0.25) is 5.43 Å². The highest BCUT2D eigenvalue weighted by Gasteiger charge is 2.30. The summed E-state index contributed by atoms with van der Waals surface area (Å²) in [4.78, 5) is 24.6. The van der Waals surface area contributed by atoms with Crippen molar-refractivity contribution in [1.29, 1.82) is 0 Å². The van der Waals surface area contributed by atoms with Crippen LogP contribution in [0.2, 0.25) is 0 Å². The number of hydrogen-bond acceptors (Lipinski definition) is 3. The Labute approximate surface area is 161 Å². The first-order valence-electron chi connectivity index (χ1n) is 8.48. The Kier molecular flexibility index (Phi) is 5.41. The largest absolute Gasteiger partial charge is 0.462 e. The van der Waals surface area contributed by atoms with Crippen molar-refractivity contribution in [3.63, 3.8) is 0 Å². The molecule has 0 aliphatic heterocycles. The van der Waals surface area contributed by atoms with Gasteiger partial charge in [0.15, 0.2) is 0 Å². The van der Waals surface area contributed by atoms with E-state index in [4.69, 9.17) is 4.74 Å². The second kappa shape index (κ2) is 7.65. The molecule has 0 aliphatic carbocycles. The number of carbonyl (C=O) groups is 1. The molecule has 0 saturated carbocycles. The number of carbonyl (C=O) groups excluding carboxylic acids is 1. The van der Waals surface area contributed by atoms with Gasteiger partial charge in [0.05, 0.1) is 23.1 Å². The average Bonchev–Trinajstić information content (AvgIpc) is 2.66. The third kappa shape index (κ3) is 3.98. The Hall–Kier alpha value is -3.23. The maximum absolute atomic E-state index is 14.4. The molecule has 9 heteroatoms. The highest BCUT2D eigenvalue weighted by atomic mass is 19.4. The number of aromatic nitrogens is 1. The number of nitrogens with zero attached hydrogens (tertiary/aromatic N) is 1. The normalized spacial score (nSPS) is 11.7. The van der Waals surface area contributed by atoms with Crippen LogP contribution in [0.1, 0.15) is 28.4 Å². The molecule has 0 amide bonds. The Morgan fingerprint density at radius 2 is 1.66 bits per heavy atom. The molecule has 3 aromatic rings. The maximum atomic E-state index is 14.4. The molecule has 1 aromatic heterocycles. The van der Waals surface area contributed by atoms with Crippen molar-refractivity contribution in [2.24, 2.45) is 0 Å². The molecule has 29 heavy (non-hydrogen) atoms. The summed E-state index contributed by atoms with van der Waals surface area (Å²) in [5.74, 6) is -2.95. The molecular weight excluding hydrogens is 397 g/mol. The molecule has 0 N–H and O–H groups in total. The average molecular weight is 411 g/mol. The maximum Gasteiger partial charge on any atom is 0.416 e. The first-order valence-corrected chi connectivity index (χ1v) is 8.48. The van der Waals surface area contributed by atoms with E-state index in [1.54, 1.807) is 0 Å². The van der Waals surface area contributed by atoms with Crippen LogP contribution >= 0.6 is 0 Å². The second-order valence-corrected chi connectivity index (χ2v) is 6.17. The zero-order chi connectivity index (χ0) is 21.3. The molecule has 0 bridgehead atoms. The summed E-state index contributed by atoms with van der Waals surface area (Å²) < 4.78 is 72.8. The van der Waals surface area contributed by atoms with Crippen LogP contribution in [0, 0.1) is 11.6 Å². The number of ether oxygens (including phenoxy) is 1. The van der Waals surface area contributed by atoms with Gasteiger partial charge in [-0.05, 0) is 36.8 Å². The van der Waals surface area contributed by atoms with Crippen LogP contribution < -0.4 is 5.43 Å². The van der Waals surface area contributed by atoms with E-state index in [9.17, 15) is 31.5 Å². The molecular formula is C20H14F5NO3. The molecule has 3 rings (SSSR count). The number of rotatable bonds is 4. The molecule has 0 radical (unpaired) electrons. The highest BCUT2D eigenvalue weighted by Crippen LogP contribution is 2.29. The molecule has 4 nitrogen and oxygen atoms in total. The van der Waals surface area contributed by atoms with Crippen LogP contribution in [0.15, 0.2) is 47.4 Å². The lowest BCUT2D eigenvalue weighted by Gasteiger charge is -2.15. The molecule has 0 unspecified atom stereocenters. The molecule has 1 heterocycles. The van der Waals surface area contributed by atoms with Gasteiger partial charge in [0.25, 0.3) is 0 Å². The van der Waals surface area contributed by atoms with E-state index >= 15 is 0 Å². The highest BCUT2D eigenvalue weighted by molar-refractivity contribution is 5.94. The van der Waals surface area contributed by atoms with E-state index in [0.29, 0.717) is 5.56 Å². The van der Waals surface area contributed by atoms with Crippen LogP contribution in [0.4, 0.5) is 22.0 Å². The number of pyridine rings is 1. The Bertz CT molecular complexity index is 1130. The van der Waals surface area contributed by atoms with Crippen molar-refractivity contribution in [2.45, 2.75) is 19.6 Å². The molecule has 0 saturated heterocycles. The van der Waals surface area contributed by atoms with Crippen LogP contribution in [0.3, 0.4) is 0 Å². The van der Waals surface area contributed by atoms with Gasteiger partial charge in [0, 0.05) is 12.7 Å². The Morgan fingerprint density at radius 3 is 2.24 bits per heavy atom. The minimum atomic E-state index is -4.52. The summed E-state index contributed by atoms with van der Waals surface area (Å²) in [7, 11) is 0. The molecule has 152 valence electrons. The fraction of sp³-hybridized carbons (Fsp3) is 0.200. The standard InChI is InChI=1S/C20H14F5NO3/c1-2-29-19(28)13-10-26(9-11-3-5-12(6-4-11)20(23,24)25)17-15(22)8-7-14(21)16(17)18(13)27/h3-8,10H,2,9H2,1H3. The van der Waals surface area contributed by atoms with Crippen molar-refractivity contribution in [1.82, 2.24) is 4.57 Å².